The minimum Gasteiger partial charge on any atom is -0.497 e. The highest BCUT2D eigenvalue weighted by atomic mass is 35.5. The van der Waals surface area contributed by atoms with Crippen LogP contribution >= 0.6 is 11.6 Å². The van der Waals surface area contributed by atoms with E-state index in [9.17, 15) is 9.59 Å². The van der Waals surface area contributed by atoms with Crippen LogP contribution in [0.3, 0.4) is 0 Å². The summed E-state index contributed by atoms with van der Waals surface area (Å²) in [6.07, 6.45) is 1.22. The van der Waals surface area contributed by atoms with E-state index >= 15 is 0 Å². The van der Waals surface area contributed by atoms with E-state index in [0.29, 0.717) is 11.3 Å². The van der Waals surface area contributed by atoms with Crippen molar-refractivity contribution >= 4 is 29.0 Å². The molecule has 1 N–H and O–H groups in total. The summed E-state index contributed by atoms with van der Waals surface area (Å²) in [5.41, 5.74) is 0.269. The van der Waals surface area contributed by atoms with E-state index < -0.39 is 11.5 Å². The van der Waals surface area contributed by atoms with Crippen LogP contribution in [0.25, 0.3) is 17.3 Å². The molecule has 9 heteroatoms. The molecule has 0 aliphatic carbocycles. The fraction of sp³-hybridized carbons (Fsp3) is 0.0526. The lowest BCUT2D eigenvalue weighted by atomic mass is 10.2. The van der Waals surface area contributed by atoms with Gasteiger partial charge in [-0.05, 0) is 36.4 Å². The third-order valence-electron chi connectivity index (χ3n) is 3.99. The fourth-order valence-corrected chi connectivity index (χ4v) is 2.78. The van der Waals surface area contributed by atoms with Gasteiger partial charge in [0.1, 0.15) is 11.4 Å². The lowest BCUT2D eigenvalue weighted by Gasteiger charge is -2.05. The molecule has 0 aliphatic rings. The summed E-state index contributed by atoms with van der Waals surface area (Å²) in [6, 6.07) is 13.5. The summed E-state index contributed by atoms with van der Waals surface area (Å²) < 4.78 is 11.6. The van der Waals surface area contributed by atoms with Crippen molar-refractivity contribution in [1.82, 2.24) is 14.6 Å². The second kappa shape index (κ2) is 7.16. The second-order valence-electron chi connectivity index (χ2n) is 5.74. The first-order valence-electron chi connectivity index (χ1n) is 8.16. The summed E-state index contributed by atoms with van der Waals surface area (Å²) in [7, 11) is 1.57. The maximum absolute atomic E-state index is 12.7. The van der Waals surface area contributed by atoms with E-state index in [2.05, 4.69) is 15.4 Å². The number of anilines is 1. The molecular formula is C19H13ClN4O4. The molecular weight excluding hydrogens is 384 g/mol. The maximum atomic E-state index is 12.7. The largest absolute Gasteiger partial charge is 0.497 e. The molecule has 0 radical (unpaired) electrons. The second-order valence-corrected chi connectivity index (χ2v) is 6.15. The van der Waals surface area contributed by atoms with E-state index in [-0.39, 0.29) is 28.0 Å². The molecule has 0 fully saturated rings. The number of benzene rings is 2. The molecule has 28 heavy (non-hydrogen) atoms. The molecule has 4 aromatic rings. The average Bonchev–Trinajstić information content (AvgIpc) is 3.15. The molecule has 1 amide bonds. The number of hydrogen-bond donors (Lipinski definition) is 1. The number of amides is 1. The zero-order valence-electron chi connectivity index (χ0n) is 14.5. The Bertz CT molecular complexity index is 1230. The predicted octanol–water partition coefficient (Wildman–Crippen LogP) is 3.26. The van der Waals surface area contributed by atoms with Crippen molar-refractivity contribution in [3.8, 4) is 17.2 Å². The Kier molecular flexibility index (Phi) is 4.54. The number of methoxy groups -OCH3 is 1. The zero-order chi connectivity index (χ0) is 19.7. The quantitative estimate of drug-likeness (QED) is 0.568. The van der Waals surface area contributed by atoms with Gasteiger partial charge in [0.15, 0.2) is 0 Å². The smallest absolute Gasteiger partial charge is 0.328 e. The highest BCUT2D eigenvalue weighted by Gasteiger charge is 2.16. The van der Waals surface area contributed by atoms with Gasteiger partial charge < -0.3 is 14.5 Å². The standard InChI is InChI=1S/C19H13ClN4O4/c1-27-12-8-6-11(7-9-12)17-23-24-18(26)15(10-21-19(24)28-17)22-16(25)13-4-2-3-5-14(13)20/h2-10H,1H3,(H,22,25). The van der Waals surface area contributed by atoms with Crippen molar-refractivity contribution in [1.29, 1.82) is 0 Å². The van der Waals surface area contributed by atoms with Crippen LogP contribution in [0.5, 0.6) is 5.75 Å². The van der Waals surface area contributed by atoms with E-state index in [1.54, 1.807) is 55.6 Å². The molecule has 0 saturated heterocycles. The van der Waals surface area contributed by atoms with Gasteiger partial charge in [-0.25, -0.2) is 4.98 Å². The summed E-state index contributed by atoms with van der Waals surface area (Å²) in [5.74, 6) is 0.372. The van der Waals surface area contributed by atoms with Crippen molar-refractivity contribution in [2.45, 2.75) is 0 Å². The minimum atomic E-state index is -0.575. The van der Waals surface area contributed by atoms with Gasteiger partial charge >= 0.3 is 11.4 Å². The highest BCUT2D eigenvalue weighted by molar-refractivity contribution is 6.34. The number of carbonyl (C=O) groups is 1. The predicted molar refractivity (Wildman–Crippen MR) is 103 cm³/mol. The van der Waals surface area contributed by atoms with Gasteiger partial charge in [0.2, 0.25) is 5.89 Å². The van der Waals surface area contributed by atoms with Gasteiger partial charge in [0.05, 0.1) is 23.9 Å². The lowest BCUT2D eigenvalue weighted by molar-refractivity contribution is 0.102. The van der Waals surface area contributed by atoms with E-state index in [1.807, 2.05) is 0 Å². The molecule has 0 aliphatic heterocycles. The number of carbonyl (C=O) groups excluding carboxylic acids is 1. The molecule has 140 valence electrons. The Hall–Kier alpha value is -3.65. The van der Waals surface area contributed by atoms with Gasteiger partial charge in [0.25, 0.3) is 5.91 Å². The Morgan fingerprint density at radius 3 is 2.64 bits per heavy atom. The van der Waals surface area contributed by atoms with E-state index in [1.165, 1.54) is 6.20 Å². The Labute approximate surface area is 163 Å². The zero-order valence-corrected chi connectivity index (χ0v) is 15.3. The van der Waals surface area contributed by atoms with Crippen LogP contribution < -0.4 is 15.6 Å². The van der Waals surface area contributed by atoms with Crippen molar-refractivity contribution in [2.75, 3.05) is 12.4 Å². The van der Waals surface area contributed by atoms with Crippen LogP contribution in [0.1, 0.15) is 10.4 Å². The highest BCUT2D eigenvalue weighted by Crippen LogP contribution is 2.22. The Morgan fingerprint density at radius 2 is 1.93 bits per heavy atom. The summed E-state index contributed by atoms with van der Waals surface area (Å²) in [6.45, 7) is 0. The monoisotopic (exact) mass is 396 g/mol. The number of aromatic nitrogens is 3. The number of halogens is 1. The average molecular weight is 397 g/mol. The summed E-state index contributed by atoms with van der Waals surface area (Å²) >= 11 is 6.02. The van der Waals surface area contributed by atoms with Crippen LogP contribution in [-0.2, 0) is 0 Å². The van der Waals surface area contributed by atoms with Crippen LogP contribution in [0, 0.1) is 0 Å². The Morgan fingerprint density at radius 1 is 1.18 bits per heavy atom. The fourth-order valence-electron chi connectivity index (χ4n) is 2.56. The van der Waals surface area contributed by atoms with Crippen LogP contribution in [0.4, 0.5) is 5.69 Å². The number of fused-ring (bicyclic) bond motifs is 1. The molecule has 4 rings (SSSR count). The SMILES string of the molecule is COc1ccc(-c2nn3c(=O)c(NC(=O)c4ccccc4Cl)cnc3o2)cc1. The van der Waals surface area contributed by atoms with E-state index in [0.717, 1.165) is 4.52 Å². The molecule has 8 nitrogen and oxygen atoms in total. The van der Waals surface area contributed by atoms with Crippen molar-refractivity contribution < 1.29 is 13.9 Å². The van der Waals surface area contributed by atoms with Crippen molar-refractivity contribution in [3.05, 3.63) is 75.7 Å². The lowest BCUT2D eigenvalue weighted by Crippen LogP contribution is -2.23. The van der Waals surface area contributed by atoms with Gasteiger partial charge in [-0.2, -0.15) is 0 Å². The molecule has 0 atom stereocenters. The third kappa shape index (κ3) is 3.21. The first-order chi connectivity index (χ1) is 13.6. The topological polar surface area (TPSA) is 98.7 Å². The van der Waals surface area contributed by atoms with Crippen molar-refractivity contribution in [3.63, 3.8) is 0 Å². The normalized spacial score (nSPS) is 10.8. The third-order valence-corrected chi connectivity index (χ3v) is 4.32. The number of nitrogens with one attached hydrogen (secondary N) is 1. The van der Waals surface area contributed by atoms with Crippen LogP contribution in [0.15, 0.2) is 63.9 Å². The maximum Gasteiger partial charge on any atom is 0.328 e. The molecule has 0 spiro atoms. The summed E-state index contributed by atoms with van der Waals surface area (Å²) in [5, 5.41) is 6.93. The summed E-state index contributed by atoms with van der Waals surface area (Å²) in [4.78, 5) is 29.1. The van der Waals surface area contributed by atoms with Crippen LogP contribution in [0.2, 0.25) is 5.02 Å². The van der Waals surface area contributed by atoms with Gasteiger partial charge in [-0.1, -0.05) is 23.7 Å². The molecule has 0 saturated carbocycles. The molecule has 0 unspecified atom stereocenters. The molecule has 2 aromatic carbocycles. The van der Waals surface area contributed by atoms with Gasteiger partial charge in [0, 0.05) is 5.56 Å². The molecule has 2 heterocycles. The minimum absolute atomic E-state index is 0.00607. The van der Waals surface area contributed by atoms with Gasteiger partial charge in [-0.15, -0.1) is 9.61 Å². The van der Waals surface area contributed by atoms with Gasteiger partial charge in [-0.3, -0.25) is 9.59 Å². The number of nitrogens with zero attached hydrogens (tertiary/aromatic N) is 3. The number of rotatable bonds is 4. The van der Waals surface area contributed by atoms with Crippen molar-refractivity contribution in [2.24, 2.45) is 0 Å². The number of ether oxygens (including phenoxy) is 1. The first-order valence-corrected chi connectivity index (χ1v) is 8.54. The van der Waals surface area contributed by atoms with Crippen LogP contribution in [-0.4, -0.2) is 27.6 Å². The van der Waals surface area contributed by atoms with E-state index in [4.69, 9.17) is 20.8 Å². The number of hydrogen-bond acceptors (Lipinski definition) is 6. The Balaban J connectivity index is 1.68. The first kappa shape index (κ1) is 17.7. The molecule has 2 aromatic heterocycles. The molecule has 0 bridgehead atoms.